The summed E-state index contributed by atoms with van der Waals surface area (Å²) in [6, 6.07) is 9.66. The van der Waals surface area contributed by atoms with Gasteiger partial charge < -0.3 is 14.3 Å². The second-order valence-corrected chi connectivity index (χ2v) is 6.16. The zero-order valence-corrected chi connectivity index (χ0v) is 15.5. The maximum Gasteiger partial charge on any atom is 0.367 e. The summed E-state index contributed by atoms with van der Waals surface area (Å²) in [6.45, 7) is 3.89. The zero-order valence-electron chi connectivity index (χ0n) is 14.8. The van der Waals surface area contributed by atoms with Gasteiger partial charge >= 0.3 is 5.97 Å². The van der Waals surface area contributed by atoms with E-state index in [0.29, 0.717) is 40.5 Å². The average Bonchev–Trinajstić information content (AvgIpc) is 2.95. The number of benzene rings is 2. The molecule has 1 aliphatic heterocycles. The van der Waals surface area contributed by atoms with Crippen LogP contribution < -0.4 is 9.47 Å². The molecule has 0 amide bonds. The van der Waals surface area contributed by atoms with E-state index in [2.05, 4.69) is 9.99 Å². The standard InChI is InChI=1S/C20H17ClFNO4/c1-3-25-18-10-13(8-15-12(2)23-27-20(15)24)9-16(21)19(18)26-11-14-6-4-5-7-17(14)22/h4-10H,3,11H2,1-2H3/b15-8+. The minimum absolute atomic E-state index is 0.00496. The number of halogens is 2. The van der Waals surface area contributed by atoms with Crippen LogP contribution in [0.4, 0.5) is 4.39 Å². The molecule has 0 radical (unpaired) electrons. The van der Waals surface area contributed by atoms with Gasteiger partial charge in [-0.05, 0) is 43.7 Å². The summed E-state index contributed by atoms with van der Waals surface area (Å²) in [5.41, 5.74) is 1.86. The molecule has 2 aromatic carbocycles. The Bertz CT molecular complexity index is 940. The van der Waals surface area contributed by atoms with Crippen LogP contribution in [0.25, 0.3) is 6.08 Å². The first kappa shape index (κ1) is 18.9. The topological polar surface area (TPSA) is 57.1 Å². The van der Waals surface area contributed by atoms with Crippen LogP contribution in [-0.4, -0.2) is 18.3 Å². The summed E-state index contributed by atoms with van der Waals surface area (Å²) < 4.78 is 25.1. The molecule has 27 heavy (non-hydrogen) atoms. The first-order chi connectivity index (χ1) is 13.0. The number of hydrogen-bond acceptors (Lipinski definition) is 5. The molecule has 0 saturated carbocycles. The average molecular weight is 390 g/mol. The normalized spacial score (nSPS) is 14.9. The predicted molar refractivity (Wildman–Crippen MR) is 101 cm³/mol. The summed E-state index contributed by atoms with van der Waals surface area (Å²) in [5, 5.41) is 3.92. The highest BCUT2D eigenvalue weighted by Gasteiger charge is 2.22. The van der Waals surface area contributed by atoms with Gasteiger partial charge in [0.1, 0.15) is 12.4 Å². The molecule has 0 aromatic heterocycles. The van der Waals surface area contributed by atoms with E-state index < -0.39 is 5.97 Å². The lowest BCUT2D eigenvalue weighted by Crippen LogP contribution is -2.03. The summed E-state index contributed by atoms with van der Waals surface area (Å²) >= 11 is 6.36. The third-order valence-electron chi connectivity index (χ3n) is 3.85. The number of carbonyl (C=O) groups excluding carboxylic acids is 1. The number of rotatable bonds is 6. The molecule has 5 nitrogen and oxygen atoms in total. The Hall–Kier alpha value is -2.86. The van der Waals surface area contributed by atoms with E-state index in [1.807, 2.05) is 6.92 Å². The van der Waals surface area contributed by atoms with Crippen molar-refractivity contribution >= 4 is 29.4 Å². The van der Waals surface area contributed by atoms with Crippen LogP contribution in [0.1, 0.15) is 25.0 Å². The fraction of sp³-hybridized carbons (Fsp3) is 0.200. The molecule has 3 rings (SSSR count). The molecule has 0 spiro atoms. The van der Waals surface area contributed by atoms with Crippen LogP contribution in [0.3, 0.4) is 0 Å². The van der Waals surface area contributed by atoms with Gasteiger partial charge in [0.2, 0.25) is 0 Å². The van der Waals surface area contributed by atoms with Gasteiger partial charge in [-0.3, -0.25) is 0 Å². The highest BCUT2D eigenvalue weighted by molar-refractivity contribution is 6.32. The van der Waals surface area contributed by atoms with Crippen molar-refractivity contribution in [3.05, 3.63) is 63.9 Å². The first-order valence-corrected chi connectivity index (χ1v) is 8.68. The van der Waals surface area contributed by atoms with Crippen molar-refractivity contribution in [2.45, 2.75) is 20.5 Å². The van der Waals surface area contributed by atoms with Crippen LogP contribution in [0.5, 0.6) is 11.5 Å². The van der Waals surface area contributed by atoms with E-state index in [4.69, 9.17) is 21.1 Å². The number of nitrogens with zero attached hydrogens (tertiary/aromatic N) is 1. The molecule has 0 fully saturated rings. The van der Waals surface area contributed by atoms with Gasteiger partial charge in [0.05, 0.1) is 22.9 Å². The van der Waals surface area contributed by atoms with Crippen LogP contribution in [0, 0.1) is 5.82 Å². The number of ether oxygens (including phenoxy) is 2. The molecule has 0 unspecified atom stereocenters. The van der Waals surface area contributed by atoms with E-state index >= 15 is 0 Å². The lowest BCUT2D eigenvalue weighted by molar-refractivity contribution is -0.136. The summed E-state index contributed by atoms with van der Waals surface area (Å²) in [5.74, 6) is -0.179. The lowest BCUT2D eigenvalue weighted by Gasteiger charge is -2.15. The van der Waals surface area contributed by atoms with E-state index in [-0.39, 0.29) is 17.4 Å². The highest BCUT2D eigenvalue weighted by Crippen LogP contribution is 2.38. The van der Waals surface area contributed by atoms with Crippen molar-refractivity contribution < 1.29 is 23.5 Å². The van der Waals surface area contributed by atoms with Gasteiger partial charge in [-0.2, -0.15) is 0 Å². The van der Waals surface area contributed by atoms with Gasteiger partial charge in [0, 0.05) is 5.56 Å². The molecular formula is C20H17ClFNO4. The Labute approximate surface area is 161 Å². The molecule has 1 aliphatic rings. The monoisotopic (exact) mass is 389 g/mol. The Kier molecular flexibility index (Phi) is 5.76. The second-order valence-electron chi connectivity index (χ2n) is 5.76. The van der Waals surface area contributed by atoms with Crippen LogP contribution >= 0.6 is 11.6 Å². The molecule has 0 atom stereocenters. The fourth-order valence-corrected chi connectivity index (χ4v) is 2.80. The van der Waals surface area contributed by atoms with Gasteiger partial charge in [0.15, 0.2) is 11.5 Å². The summed E-state index contributed by atoms with van der Waals surface area (Å²) in [6.07, 6.45) is 1.61. The Morgan fingerprint density at radius 1 is 1.26 bits per heavy atom. The largest absolute Gasteiger partial charge is 0.490 e. The van der Waals surface area contributed by atoms with E-state index in [1.165, 1.54) is 6.07 Å². The molecule has 0 bridgehead atoms. The van der Waals surface area contributed by atoms with Crippen molar-refractivity contribution in [1.82, 2.24) is 0 Å². The molecule has 140 valence electrons. The maximum absolute atomic E-state index is 13.8. The maximum atomic E-state index is 13.8. The number of hydrogen-bond donors (Lipinski definition) is 0. The molecule has 1 heterocycles. The van der Waals surface area contributed by atoms with E-state index in [9.17, 15) is 9.18 Å². The van der Waals surface area contributed by atoms with Crippen LogP contribution in [0.2, 0.25) is 5.02 Å². The highest BCUT2D eigenvalue weighted by atomic mass is 35.5. The Morgan fingerprint density at radius 2 is 2.04 bits per heavy atom. The molecule has 7 heteroatoms. The Morgan fingerprint density at radius 3 is 2.70 bits per heavy atom. The van der Waals surface area contributed by atoms with Crippen molar-refractivity contribution in [3.8, 4) is 11.5 Å². The van der Waals surface area contributed by atoms with Crippen molar-refractivity contribution in [3.63, 3.8) is 0 Å². The molecule has 0 saturated heterocycles. The third-order valence-corrected chi connectivity index (χ3v) is 4.13. The van der Waals surface area contributed by atoms with E-state index in [1.54, 1.807) is 43.3 Å². The predicted octanol–water partition coefficient (Wildman–Crippen LogP) is 4.77. The molecule has 0 N–H and O–H groups in total. The Balaban J connectivity index is 1.91. The van der Waals surface area contributed by atoms with Crippen molar-refractivity contribution in [2.75, 3.05) is 6.61 Å². The van der Waals surface area contributed by atoms with Crippen molar-refractivity contribution in [2.24, 2.45) is 5.16 Å². The minimum atomic E-state index is -0.526. The van der Waals surface area contributed by atoms with Gasteiger partial charge in [0.25, 0.3) is 0 Å². The minimum Gasteiger partial charge on any atom is -0.490 e. The summed E-state index contributed by atoms with van der Waals surface area (Å²) in [7, 11) is 0. The van der Waals surface area contributed by atoms with Crippen molar-refractivity contribution in [1.29, 1.82) is 0 Å². The van der Waals surface area contributed by atoms with Gasteiger partial charge in [-0.15, -0.1) is 0 Å². The van der Waals surface area contributed by atoms with Gasteiger partial charge in [-0.25, -0.2) is 9.18 Å². The van der Waals surface area contributed by atoms with E-state index in [0.717, 1.165) is 0 Å². The fourth-order valence-electron chi connectivity index (χ4n) is 2.53. The van der Waals surface area contributed by atoms with Crippen LogP contribution in [0.15, 0.2) is 47.1 Å². The quantitative estimate of drug-likeness (QED) is 0.527. The molecule has 0 aliphatic carbocycles. The summed E-state index contributed by atoms with van der Waals surface area (Å²) in [4.78, 5) is 16.4. The smallest absolute Gasteiger partial charge is 0.367 e. The zero-order chi connectivity index (χ0) is 19.4. The van der Waals surface area contributed by atoms with Gasteiger partial charge in [-0.1, -0.05) is 35.0 Å². The molecular weight excluding hydrogens is 373 g/mol. The SMILES string of the molecule is CCOc1cc(/C=C2/C(=O)ON=C2C)cc(Cl)c1OCc1ccccc1F. The van der Waals surface area contributed by atoms with Crippen LogP contribution in [-0.2, 0) is 16.2 Å². The second kappa shape index (κ2) is 8.22. The number of carbonyl (C=O) groups is 1. The first-order valence-electron chi connectivity index (χ1n) is 8.30. The lowest BCUT2D eigenvalue weighted by atomic mass is 10.1. The molecule has 2 aromatic rings. The number of oxime groups is 1. The third kappa shape index (κ3) is 4.28.